The van der Waals surface area contributed by atoms with Gasteiger partial charge in [0.05, 0.1) is 5.39 Å². The van der Waals surface area contributed by atoms with Crippen molar-refractivity contribution < 1.29 is 4.42 Å². The Morgan fingerprint density at radius 2 is 1.50 bits per heavy atom. The summed E-state index contributed by atoms with van der Waals surface area (Å²) in [7, 11) is 0. The zero-order chi connectivity index (χ0) is 20.3. The minimum absolute atomic E-state index is 0.189. The molecular weight excluding hydrogens is 396 g/mol. The zero-order valence-electron chi connectivity index (χ0n) is 15.8. The van der Waals surface area contributed by atoms with E-state index in [1.54, 1.807) is 12.1 Å². The highest BCUT2D eigenvalue weighted by Gasteiger charge is 2.17. The van der Waals surface area contributed by atoms with E-state index in [0.29, 0.717) is 21.9 Å². The van der Waals surface area contributed by atoms with Crippen LogP contribution in [-0.4, -0.2) is 20.0 Å². The second kappa shape index (κ2) is 7.96. The van der Waals surface area contributed by atoms with Gasteiger partial charge >= 0.3 is 0 Å². The summed E-state index contributed by atoms with van der Waals surface area (Å²) < 4.78 is 7.41. The third-order valence-corrected chi connectivity index (χ3v) is 5.43. The van der Waals surface area contributed by atoms with Crippen molar-refractivity contribution >= 4 is 22.7 Å². The van der Waals surface area contributed by atoms with Crippen molar-refractivity contribution in [2.24, 2.45) is 0 Å². The van der Waals surface area contributed by atoms with Gasteiger partial charge in [-0.3, -0.25) is 4.79 Å². The summed E-state index contributed by atoms with van der Waals surface area (Å²) in [5, 5.41) is 9.16. The number of hydrogen-bond donors (Lipinski definition) is 0. The third-order valence-electron chi connectivity index (χ3n) is 4.63. The molecule has 0 unspecified atom stereocenters. The van der Waals surface area contributed by atoms with E-state index in [1.807, 2.05) is 72.8 Å². The summed E-state index contributed by atoms with van der Waals surface area (Å²) in [6.45, 7) is 0. The highest BCUT2D eigenvalue weighted by atomic mass is 32.2. The van der Waals surface area contributed by atoms with Crippen LogP contribution in [0.25, 0.3) is 33.5 Å². The van der Waals surface area contributed by atoms with Crippen LogP contribution in [0.2, 0.25) is 0 Å². The predicted octanol–water partition coefficient (Wildman–Crippen LogP) is 4.86. The monoisotopic (exact) mass is 412 g/mol. The van der Waals surface area contributed by atoms with Gasteiger partial charge in [-0.15, -0.1) is 5.10 Å². The molecule has 0 saturated heterocycles. The van der Waals surface area contributed by atoms with Crippen molar-refractivity contribution in [2.75, 3.05) is 0 Å². The molecule has 0 spiro atoms. The van der Waals surface area contributed by atoms with E-state index in [2.05, 4.69) is 10.3 Å². The number of nitrogens with zero attached hydrogens (tertiary/aromatic N) is 4. The van der Waals surface area contributed by atoms with E-state index in [9.17, 15) is 4.79 Å². The first kappa shape index (κ1) is 18.3. The SMILES string of the molecule is O=c1c2ccccc2nnn1CSc1nc(-c2ccccc2)c(-c2ccccc2)o1. The van der Waals surface area contributed by atoms with Crippen molar-refractivity contribution in [1.29, 1.82) is 0 Å². The molecule has 0 fully saturated rings. The molecule has 2 aromatic heterocycles. The van der Waals surface area contributed by atoms with Crippen molar-refractivity contribution in [1.82, 2.24) is 20.0 Å². The van der Waals surface area contributed by atoms with Gasteiger partial charge in [0.15, 0.2) is 5.76 Å². The van der Waals surface area contributed by atoms with Gasteiger partial charge in [-0.2, -0.15) is 4.68 Å². The lowest BCUT2D eigenvalue weighted by molar-refractivity contribution is 0.464. The molecule has 146 valence electrons. The molecule has 0 N–H and O–H groups in total. The summed E-state index contributed by atoms with van der Waals surface area (Å²) in [5.74, 6) is 0.945. The minimum Gasteiger partial charge on any atom is -0.431 e. The maximum absolute atomic E-state index is 12.7. The van der Waals surface area contributed by atoms with Crippen LogP contribution in [0.15, 0.2) is 99.4 Å². The van der Waals surface area contributed by atoms with Crippen LogP contribution in [0.1, 0.15) is 0 Å². The number of rotatable bonds is 5. The number of aromatic nitrogens is 4. The van der Waals surface area contributed by atoms with Crippen LogP contribution in [-0.2, 0) is 5.88 Å². The van der Waals surface area contributed by atoms with Crippen molar-refractivity contribution in [2.45, 2.75) is 11.1 Å². The Balaban J connectivity index is 1.49. The fourth-order valence-corrected chi connectivity index (χ4v) is 3.86. The second-order valence-corrected chi connectivity index (χ2v) is 7.47. The van der Waals surface area contributed by atoms with Crippen LogP contribution < -0.4 is 5.56 Å². The molecule has 0 aliphatic heterocycles. The Kier molecular flexibility index (Phi) is 4.86. The maximum Gasteiger partial charge on any atom is 0.278 e. The summed E-state index contributed by atoms with van der Waals surface area (Å²) in [6, 6.07) is 26.9. The number of fused-ring (bicyclic) bond motifs is 1. The molecule has 30 heavy (non-hydrogen) atoms. The average molecular weight is 412 g/mol. The normalized spacial score (nSPS) is 11.1. The molecule has 5 aromatic rings. The first-order valence-corrected chi connectivity index (χ1v) is 10.4. The lowest BCUT2D eigenvalue weighted by Crippen LogP contribution is -2.23. The first-order chi connectivity index (χ1) is 14.8. The smallest absolute Gasteiger partial charge is 0.278 e. The van der Waals surface area contributed by atoms with Gasteiger partial charge in [-0.1, -0.05) is 78.0 Å². The van der Waals surface area contributed by atoms with E-state index < -0.39 is 0 Å². The molecule has 3 aromatic carbocycles. The van der Waals surface area contributed by atoms with Crippen molar-refractivity contribution in [3.05, 3.63) is 95.3 Å². The summed E-state index contributed by atoms with van der Waals surface area (Å²) in [6.07, 6.45) is 0. The molecule has 6 nitrogen and oxygen atoms in total. The van der Waals surface area contributed by atoms with E-state index in [1.165, 1.54) is 16.4 Å². The zero-order valence-corrected chi connectivity index (χ0v) is 16.6. The predicted molar refractivity (Wildman–Crippen MR) is 117 cm³/mol. The molecule has 0 amide bonds. The van der Waals surface area contributed by atoms with E-state index >= 15 is 0 Å². The van der Waals surface area contributed by atoms with Crippen LogP contribution in [0.3, 0.4) is 0 Å². The maximum atomic E-state index is 12.7. The van der Waals surface area contributed by atoms with Crippen LogP contribution in [0.4, 0.5) is 0 Å². The largest absolute Gasteiger partial charge is 0.431 e. The second-order valence-electron chi connectivity index (χ2n) is 6.57. The summed E-state index contributed by atoms with van der Waals surface area (Å²) >= 11 is 1.30. The van der Waals surface area contributed by atoms with Crippen molar-refractivity contribution in [3.8, 4) is 22.6 Å². The Morgan fingerprint density at radius 3 is 2.27 bits per heavy atom. The molecule has 0 aliphatic carbocycles. The van der Waals surface area contributed by atoms with Gasteiger partial charge in [0.25, 0.3) is 10.8 Å². The Morgan fingerprint density at radius 1 is 0.833 bits per heavy atom. The fourth-order valence-electron chi connectivity index (χ4n) is 3.16. The number of thioether (sulfide) groups is 1. The molecule has 7 heteroatoms. The number of oxazole rings is 1. The fraction of sp³-hybridized carbons (Fsp3) is 0.0435. The Bertz CT molecular complexity index is 1310. The van der Waals surface area contributed by atoms with E-state index in [4.69, 9.17) is 9.40 Å². The van der Waals surface area contributed by atoms with Crippen LogP contribution in [0.5, 0.6) is 0 Å². The van der Waals surface area contributed by atoms with Gasteiger partial charge in [0, 0.05) is 11.1 Å². The molecule has 0 saturated carbocycles. The molecule has 0 atom stereocenters. The quantitative estimate of drug-likeness (QED) is 0.384. The number of benzene rings is 3. The Labute approximate surface area is 176 Å². The molecule has 0 aliphatic rings. The molecule has 0 bridgehead atoms. The highest BCUT2D eigenvalue weighted by Crippen LogP contribution is 2.35. The standard InChI is InChI=1S/C23H16N4O2S/c28-22-18-13-7-8-14-19(18)25-26-27(22)15-30-23-24-20(16-9-3-1-4-10-16)21(29-23)17-11-5-2-6-12-17/h1-14H,15H2. The minimum atomic E-state index is -0.189. The lowest BCUT2D eigenvalue weighted by atomic mass is 10.1. The topological polar surface area (TPSA) is 73.8 Å². The first-order valence-electron chi connectivity index (χ1n) is 9.36. The van der Waals surface area contributed by atoms with Gasteiger partial charge in [0.2, 0.25) is 0 Å². The van der Waals surface area contributed by atoms with Gasteiger partial charge in [-0.25, -0.2) is 4.98 Å². The van der Waals surface area contributed by atoms with Crippen LogP contribution >= 0.6 is 11.8 Å². The van der Waals surface area contributed by atoms with Gasteiger partial charge in [0.1, 0.15) is 17.1 Å². The molecular formula is C23H16N4O2S. The van der Waals surface area contributed by atoms with E-state index in [0.717, 1.165) is 16.8 Å². The summed E-state index contributed by atoms with van der Waals surface area (Å²) in [5.41, 5.74) is 3.07. The molecule has 5 rings (SSSR count). The van der Waals surface area contributed by atoms with Gasteiger partial charge < -0.3 is 4.42 Å². The average Bonchev–Trinajstić information content (AvgIpc) is 3.24. The number of hydrogen-bond acceptors (Lipinski definition) is 6. The Hall–Kier alpha value is -3.71. The van der Waals surface area contributed by atoms with E-state index in [-0.39, 0.29) is 11.4 Å². The van der Waals surface area contributed by atoms with Crippen molar-refractivity contribution in [3.63, 3.8) is 0 Å². The molecule has 0 radical (unpaired) electrons. The van der Waals surface area contributed by atoms with Crippen LogP contribution in [0, 0.1) is 0 Å². The lowest BCUT2D eigenvalue weighted by Gasteiger charge is -2.02. The van der Waals surface area contributed by atoms with Gasteiger partial charge in [-0.05, 0) is 23.9 Å². The highest BCUT2D eigenvalue weighted by molar-refractivity contribution is 7.98. The summed E-state index contributed by atoms with van der Waals surface area (Å²) in [4.78, 5) is 17.4. The molecule has 2 heterocycles. The third kappa shape index (κ3) is 3.51.